The molecule has 56 heavy (non-hydrogen) atoms. The molecule has 0 fully saturated rings. The van der Waals surface area contributed by atoms with Gasteiger partial charge < -0.3 is 33.0 Å². The smallest absolute Gasteiger partial charge is 1.00 e. The maximum absolute atomic E-state index is 5.60. The summed E-state index contributed by atoms with van der Waals surface area (Å²) in [5, 5.41) is 4.23. The maximum Gasteiger partial charge on any atom is 5.00 e. The molecule has 12 heteroatoms. The molecule has 0 spiro atoms. The molecule has 0 aromatic heterocycles. The molecule has 0 amide bonds. The van der Waals surface area contributed by atoms with Gasteiger partial charge in [0.1, 0.15) is 5.90 Å². The molecule has 0 saturated carbocycles. The molecule has 0 unspecified atom stereocenters. The average molecular weight is 1030 g/mol. The van der Waals surface area contributed by atoms with Crippen LogP contribution >= 0.6 is 7.92 Å². The van der Waals surface area contributed by atoms with Crippen LogP contribution in [-0.4, -0.2) is 43.0 Å². The minimum atomic E-state index is -0.409. The van der Waals surface area contributed by atoms with Gasteiger partial charge in [0, 0.05) is 0 Å². The molecule has 6 aromatic rings. The van der Waals surface area contributed by atoms with Gasteiger partial charge in [0.15, 0.2) is 0 Å². The molecule has 7 rings (SSSR count). The van der Waals surface area contributed by atoms with Crippen molar-refractivity contribution in [3.63, 3.8) is 0 Å². The number of hydrogen-bond acceptors (Lipinski definition) is 2. The van der Waals surface area contributed by atoms with Crippen molar-refractivity contribution in [2.75, 3.05) is 6.61 Å². The molecule has 1 heterocycles. The number of aliphatic imine (C=N–C) groups is 1. The van der Waals surface area contributed by atoms with Crippen LogP contribution in [0.4, 0.5) is 0 Å². The number of benzene rings is 4. The SMILES string of the molecule is C(=C\c1ccccc1)/[CH-]c1ccccc1.C[c-]1cccc1C1=N[C@@H](C(C)C)CO1.[F-].[F-].[F-].[F-].[F-].[F-].[Fe+2].[Pd+2].[Sb+5].c1ccc(P(c2ccccc2)c2ccc[cH-]2)cc1. The third kappa shape index (κ3) is 19.2. The molecule has 0 radical (unpaired) electrons. The normalized spacial score (nSPS) is 11.5. The van der Waals surface area contributed by atoms with Gasteiger partial charge in [0.25, 0.3) is 0 Å². The molecule has 1 atom stereocenters. The second-order valence-corrected chi connectivity index (χ2v) is 13.9. The van der Waals surface area contributed by atoms with Gasteiger partial charge in [-0.25, -0.2) is 12.1 Å². The topological polar surface area (TPSA) is 21.6 Å². The largest absolute Gasteiger partial charge is 5.00 e. The van der Waals surface area contributed by atoms with Gasteiger partial charge in [-0.2, -0.15) is 30.3 Å². The van der Waals surface area contributed by atoms with E-state index in [2.05, 4.69) is 166 Å². The zero-order valence-corrected chi connectivity index (χ0v) is 37.0. The molecule has 0 saturated heterocycles. The Labute approximate surface area is 370 Å². The van der Waals surface area contributed by atoms with Crippen LogP contribution in [0.1, 0.15) is 36.1 Å². The second kappa shape index (κ2) is 33.8. The number of nitrogens with zero attached hydrogens (tertiary/aromatic N) is 1. The number of hydrogen-bond donors (Lipinski definition) is 0. The Morgan fingerprint density at radius 1 is 0.714 bits per heavy atom. The van der Waals surface area contributed by atoms with Gasteiger partial charge in [-0.1, -0.05) is 129 Å². The van der Waals surface area contributed by atoms with Crippen molar-refractivity contribution in [3.05, 3.63) is 199 Å². The van der Waals surface area contributed by atoms with E-state index in [1.54, 1.807) is 0 Å². The first kappa shape index (κ1) is 61.9. The monoisotopic (exact) mass is 1030 g/mol. The molecule has 0 N–H and O–H groups in total. The number of ether oxygens (including phenoxy) is 1. The Hall–Kier alpha value is -3.33. The molecule has 6 aromatic carbocycles. The molecule has 1 aliphatic rings. The summed E-state index contributed by atoms with van der Waals surface area (Å²) in [4.78, 5) is 4.59. The van der Waals surface area contributed by atoms with Crippen LogP contribution in [-0.2, 0) is 42.2 Å². The molecule has 2 nitrogen and oxygen atoms in total. The third-order valence-corrected chi connectivity index (χ3v) is 10.3. The van der Waals surface area contributed by atoms with Crippen molar-refractivity contribution in [2.24, 2.45) is 10.9 Å². The van der Waals surface area contributed by atoms with E-state index in [9.17, 15) is 0 Å². The van der Waals surface area contributed by atoms with Gasteiger partial charge in [0.05, 0.1) is 12.6 Å². The van der Waals surface area contributed by atoms with E-state index in [1.807, 2.05) is 42.5 Å². The maximum atomic E-state index is 5.60. The first-order valence-corrected chi connectivity index (χ1v) is 17.6. The van der Waals surface area contributed by atoms with Crippen LogP contribution in [0.2, 0.25) is 0 Å². The summed E-state index contributed by atoms with van der Waals surface area (Å²) in [6, 6.07) is 57.4. The first-order chi connectivity index (χ1) is 23.1. The zero-order valence-electron chi connectivity index (χ0n) is 30.9. The fourth-order valence-electron chi connectivity index (χ4n) is 5.14. The molecule has 1 aliphatic heterocycles. The Morgan fingerprint density at radius 3 is 1.64 bits per heavy atom. The van der Waals surface area contributed by atoms with Crippen LogP contribution in [0.15, 0.2) is 175 Å². The van der Waals surface area contributed by atoms with Crippen molar-refractivity contribution in [2.45, 2.75) is 26.8 Å². The van der Waals surface area contributed by atoms with E-state index < -0.39 is 7.92 Å². The Morgan fingerprint density at radius 2 is 1.21 bits per heavy atom. The number of halogens is 6. The van der Waals surface area contributed by atoms with Crippen LogP contribution in [0.3, 0.4) is 0 Å². The van der Waals surface area contributed by atoms with E-state index in [4.69, 9.17) is 4.74 Å². The van der Waals surface area contributed by atoms with Crippen LogP contribution in [0.5, 0.6) is 0 Å². The minimum absolute atomic E-state index is 0. The molecular formula is C44H43F6FeNOPPdSb. The molecule has 0 bridgehead atoms. The minimum Gasteiger partial charge on any atom is -1.00 e. The molecule has 0 aliphatic carbocycles. The van der Waals surface area contributed by atoms with Gasteiger partial charge in [-0.05, 0) is 24.4 Å². The standard InChI is InChI=1S/C17H14P.C15H13.C12H16NO.6FH.Fe.Pd.Sb/c1-3-9-15(10-4-1)18(17-13-7-8-14-17)16-11-5-2-6-12-16;1-3-8-14(9-4-1)12-7-13-15-10-5-2-6-11-15;1-8(2)11-7-14-12(13-11)10-6-4-5-9(10)3;;;;;;;;;/h1-14H;1-13H;4-6,8,11H,7H2,1-3H3;6*1H;;;/q3*-1;;;;;;;2*+2;+5/p-6/b;12-7+;;;;;;;;;;/t;;11-;;;;;;;;;/m..1........./s1. The van der Waals surface area contributed by atoms with E-state index in [0.29, 0.717) is 12.0 Å². The van der Waals surface area contributed by atoms with Gasteiger partial charge >= 0.3 is 61.9 Å². The van der Waals surface area contributed by atoms with Crippen molar-refractivity contribution >= 4 is 60.2 Å². The quantitative estimate of drug-likeness (QED) is 0.0644. The van der Waals surface area contributed by atoms with Crippen molar-refractivity contribution in [1.82, 2.24) is 0 Å². The summed E-state index contributed by atoms with van der Waals surface area (Å²) >= 11 is 0. The first-order valence-electron chi connectivity index (χ1n) is 16.2. The predicted molar refractivity (Wildman–Crippen MR) is 210 cm³/mol. The van der Waals surface area contributed by atoms with E-state index >= 15 is 0 Å². The number of aryl methyl sites for hydroxylation is 1. The van der Waals surface area contributed by atoms with Gasteiger partial charge in [-0.3, -0.25) is 4.99 Å². The van der Waals surface area contributed by atoms with Crippen LogP contribution in [0, 0.1) is 19.3 Å². The summed E-state index contributed by atoms with van der Waals surface area (Å²) < 4.78 is 5.60. The predicted octanol–water partition coefficient (Wildman–Crippen LogP) is -8.73. The van der Waals surface area contributed by atoms with E-state index in [-0.39, 0.29) is 90.1 Å². The number of rotatable bonds is 8. The summed E-state index contributed by atoms with van der Waals surface area (Å²) in [7, 11) is -0.409. The average Bonchev–Trinajstić information content (AvgIpc) is 3.91. The van der Waals surface area contributed by atoms with Crippen molar-refractivity contribution < 1.29 is 70.5 Å². The van der Waals surface area contributed by atoms with Crippen molar-refractivity contribution in [3.8, 4) is 0 Å². The Kier molecular flexibility index (Phi) is 37.3. The number of allylic oxidation sites excluding steroid dienone is 1. The van der Waals surface area contributed by atoms with Crippen molar-refractivity contribution in [1.29, 1.82) is 0 Å². The summed E-state index contributed by atoms with van der Waals surface area (Å²) in [5.41, 5.74) is 4.84. The second-order valence-electron chi connectivity index (χ2n) is 11.7. The van der Waals surface area contributed by atoms with E-state index in [0.717, 1.165) is 18.1 Å². The summed E-state index contributed by atoms with van der Waals surface area (Å²) in [6.45, 7) is 7.18. The van der Waals surface area contributed by atoms with Gasteiger partial charge in [0.2, 0.25) is 0 Å². The summed E-state index contributed by atoms with van der Waals surface area (Å²) in [6.07, 6.45) is 6.28. The fourth-order valence-corrected chi connectivity index (χ4v) is 7.45. The fraction of sp³-hybridized carbons (Fsp3) is 0.136. The molecule has 300 valence electrons. The Bertz CT molecular complexity index is 1780. The Balaban J connectivity index is -0.000000217. The van der Waals surface area contributed by atoms with Gasteiger partial charge in [-0.15, -0.1) is 59.3 Å². The zero-order chi connectivity index (χ0) is 32.7. The van der Waals surface area contributed by atoms with Crippen LogP contribution < -0.4 is 44.1 Å². The van der Waals surface area contributed by atoms with E-state index in [1.165, 1.54) is 32.6 Å². The molecular weight excluding hydrogens is 987 g/mol. The third-order valence-electron chi connectivity index (χ3n) is 7.82. The van der Waals surface area contributed by atoms with Crippen LogP contribution in [0.25, 0.3) is 6.08 Å². The summed E-state index contributed by atoms with van der Waals surface area (Å²) in [5.74, 6) is 1.38.